The van der Waals surface area contributed by atoms with Crippen molar-refractivity contribution in [2.45, 2.75) is 39.2 Å². The van der Waals surface area contributed by atoms with Crippen LogP contribution in [0.3, 0.4) is 0 Å². The van der Waals surface area contributed by atoms with Crippen LogP contribution in [0.5, 0.6) is 11.5 Å². The molecule has 0 bridgehead atoms. The summed E-state index contributed by atoms with van der Waals surface area (Å²) in [5.41, 5.74) is 7.75. The van der Waals surface area contributed by atoms with E-state index in [0.29, 0.717) is 11.8 Å². The molecule has 4 rings (SSSR count). The van der Waals surface area contributed by atoms with Crippen LogP contribution in [-0.2, 0) is 0 Å². The highest BCUT2D eigenvalue weighted by Crippen LogP contribution is 2.55. The molecule has 3 heteroatoms. The van der Waals surface area contributed by atoms with Crippen LogP contribution in [-0.4, -0.2) is 14.2 Å². The van der Waals surface area contributed by atoms with Crippen LogP contribution in [0.1, 0.15) is 46.2 Å². The van der Waals surface area contributed by atoms with Gasteiger partial charge in [0.05, 0.1) is 25.9 Å². The van der Waals surface area contributed by atoms with E-state index in [0.717, 1.165) is 23.6 Å². The average Bonchev–Trinajstić information content (AvgIpc) is 3.09. The molecule has 1 N–H and O–H groups in total. The second kappa shape index (κ2) is 6.39. The fourth-order valence-corrected chi connectivity index (χ4v) is 4.96. The summed E-state index contributed by atoms with van der Waals surface area (Å²) in [6.07, 6.45) is 5.74. The second-order valence-electron chi connectivity index (χ2n) is 7.55. The molecule has 2 aromatic carbocycles. The Balaban J connectivity index is 1.90. The SMILES string of the molecule is COc1ccc(OC)c2c1NC(c1c(C)cc(C)cc1C)C1CC=CC21. The molecule has 1 heterocycles. The molecule has 3 atom stereocenters. The summed E-state index contributed by atoms with van der Waals surface area (Å²) in [4.78, 5) is 0. The van der Waals surface area contributed by atoms with Crippen LogP contribution in [0.25, 0.3) is 0 Å². The van der Waals surface area contributed by atoms with Crippen LogP contribution >= 0.6 is 0 Å². The minimum absolute atomic E-state index is 0.268. The van der Waals surface area contributed by atoms with Crippen molar-refractivity contribution in [1.29, 1.82) is 0 Å². The first kappa shape index (κ1) is 17.0. The van der Waals surface area contributed by atoms with Gasteiger partial charge in [-0.1, -0.05) is 29.8 Å². The van der Waals surface area contributed by atoms with Gasteiger partial charge in [-0.3, -0.25) is 0 Å². The van der Waals surface area contributed by atoms with E-state index in [4.69, 9.17) is 9.47 Å². The van der Waals surface area contributed by atoms with Crippen molar-refractivity contribution in [1.82, 2.24) is 0 Å². The number of anilines is 1. The number of ether oxygens (including phenoxy) is 2. The average molecular weight is 349 g/mol. The first-order valence-electron chi connectivity index (χ1n) is 9.31. The Bertz CT molecular complexity index is 861. The van der Waals surface area contributed by atoms with E-state index in [1.807, 2.05) is 12.1 Å². The Morgan fingerprint density at radius 3 is 2.23 bits per heavy atom. The summed E-state index contributed by atoms with van der Waals surface area (Å²) in [5.74, 6) is 2.66. The van der Waals surface area contributed by atoms with Gasteiger partial charge in [0, 0.05) is 11.5 Å². The van der Waals surface area contributed by atoms with Gasteiger partial charge in [-0.05, 0) is 61.9 Å². The summed E-state index contributed by atoms with van der Waals surface area (Å²) in [6, 6.07) is 8.87. The molecule has 1 aliphatic heterocycles. The largest absolute Gasteiger partial charge is 0.496 e. The van der Waals surface area contributed by atoms with Gasteiger partial charge in [-0.15, -0.1) is 0 Å². The lowest BCUT2D eigenvalue weighted by Crippen LogP contribution is -2.30. The van der Waals surface area contributed by atoms with E-state index in [2.05, 4.69) is 50.4 Å². The molecule has 0 radical (unpaired) electrons. The lowest BCUT2D eigenvalue weighted by molar-refractivity contribution is 0.370. The number of fused-ring (bicyclic) bond motifs is 3. The molecule has 3 unspecified atom stereocenters. The van der Waals surface area contributed by atoms with Gasteiger partial charge in [-0.2, -0.15) is 0 Å². The third kappa shape index (κ3) is 2.49. The number of allylic oxidation sites excluding steroid dienone is 2. The number of benzene rings is 2. The summed E-state index contributed by atoms with van der Waals surface area (Å²) in [7, 11) is 3.48. The number of nitrogens with one attached hydrogen (secondary N) is 1. The predicted molar refractivity (Wildman–Crippen MR) is 107 cm³/mol. The fourth-order valence-electron chi connectivity index (χ4n) is 4.96. The van der Waals surface area contributed by atoms with Crippen LogP contribution in [0.4, 0.5) is 5.69 Å². The highest BCUT2D eigenvalue weighted by atomic mass is 16.5. The quantitative estimate of drug-likeness (QED) is 0.747. The van der Waals surface area contributed by atoms with E-state index in [-0.39, 0.29) is 6.04 Å². The number of methoxy groups -OCH3 is 2. The zero-order valence-corrected chi connectivity index (χ0v) is 16.2. The Morgan fingerprint density at radius 1 is 0.923 bits per heavy atom. The van der Waals surface area contributed by atoms with E-state index >= 15 is 0 Å². The second-order valence-corrected chi connectivity index (χ2v) is 7.55. The zero-order valence-electron chi connectivity index (χ0n) is 16.2. The maximum Gasteiger partial charge on any atom is 0.142 e. The predicted octanol–water partition coefficient (Wildman–Crippen LogP) is 5.46. The Hall–Kier alpha value is -2.42. The van der Waals surface area contributed by atoms with Crippen molar-refractivity contribution in [3.05, 3.63) is 64.2 Å². The molecule has 0 aromatic heterocycles. The summed E-state index contributed by atoms with van der Waals surface area (Å²) < 4.78 is 11.4. The fraction of sp³-hybridized carbons (Fsp3) is 0.391. The first-order chi connectivity index (χ1) is 12.5. The minimum Gasteiger partial charge on any atom is -0.496 e. The molecule has 0 amide bonds. The lowest BCUT2D eigenvalue weighted by atomic mass is 9.74. The monoisotopic (exact) mass is 349 g/mol. The molecule has 1 aliphatic carbocycles. The topological polar surface area (TPSA) is 30.5 Å². The van der Waals surface area contributed by atoms with Gasteiger partial charge < -0.3 is 14.8 Å². The highest BCUT2D eigenvalue weighted by Gasteiger charge is 2.41. The van der Waals surface area contributed by atoms with Crippen molar-refractivity contribution < 1.29 is 9.47 Å². The molecule has 0 saturated carbocycles. The van der Waals surface area contributed by atoms with Crippen molar-refractivity contribution in [3.8, 4) is 11.5 Å². The standard InChI is InChI=1S/C23H27NO2/c1-13-11-14(2)20(15(3)12-13)22-17-8-6-7-16(17)21-18(25-4)9-10-19(26-5)23(21)24-22/h6-7,9-12,16-17,22,24H,8H2,1-5H3. The summed E-state index contributed by atoms with van der Waals surface area (Å²) >= 11 is 0. The van der Waals surface area contributed by atoms with Crippen LogP contribution in [0, 0.1) is 26.7 Å². The van der Waals surface area contributed by atoms with Crippen LogP contribution in [0.15, 0.2) is 36.4 Å². The van der Waals surface area contributed by atoms with E-state index in [1.54, 1.807) is 14.2 Å². The normalized spacial score (nSPS) is 23.2. The smallest absolute Gasteiger partial charge is 0.142 e. The third-order valence-corrected chi connectivity index (χ3v) is 5.93. The van der Waals surface area contributed by atoms with Crippen molar-refractivity contribution in [2.24, 2.45) is 5.92 Å². The minimum atomic E-state index is 0.268. The Morgan fingerprint density at radius 2 is 1.58 bits per heavy atom. The molecule has 2 aromatic rings. The van der Waals surface area contributed by atoms with Gasteiger partial charge >= 0.3 is 0 Å². The summed E-state index contributed by atoms with van der Waals surface area (Å²) in [6.45, 7) is 6.63. The first-order valence-corrected chi connectivity index (χ1v) is 9.31. The molecule has 26 heavy (non-hydrogen) atoms. The van der Waals surface area contributed by atoms with Crippen molar-refractivity contribution in [2.75, 3.05) is 19.5 Å². The number of rotatable bonds is 3. The summed E-state index contributed by atoms with van der Waals surface area (Å²) in [5, 5.41) is 3.84. The molecule has 3 nitrogen and oxygen atoms in total. The van der Waals surface area contributed by atoms with E-state index in [1.165, 1.54) is 27.8 Å². The number of hydrogen-bond acceptors (Lipinski definition) is 3. The zero-order chi connectivity index (χ0) is 18.4. The van der Waals surface area contributed by atoms with E-state index in [9.17, 15) is 0 Å². The molecular weight excluding hydrogens is 322 g/mol. The Kier molecular flexibility index (Phi) is 4.18. The van der Waals surface area contributed by atoms with E-state index < -0.39 is 0 Å². The number of aryl methyl sites for hydroxylation is 3. The highest BCUT2D eigenvalue weighted by molar-refractivity contribution is 5.72. The van der Waals surface area contributed by atoms with Crippen LogP contribution < -0.4 is 14.8 Å². The molecule has 136 valence electrons. The third-order valence-electron chi connectivity index (χ3n) is 5.93. The molecule has 0 spiro atoms. The molecule has 0 saturated heterocycles. The van der Waals surface area contributed by atoms with Gasteiger partial charge in [-0.25, -0.2) is 0 Å². The molecule has 2 aliphatic rings. The van der Waals surface area contributed by atoms with Gasteiger partial charge in [0.15, 0.2) is 0 Å². The maximum absolute atomic E-state index is 5.69. The van der Waals surface area contributed by atoms with Gasteiger partial charge in [0.25, 0.3) is 0 Å². The van der Waals surface area contributed by atoms with Gasteiger partial charge in [0.1, 0.15) is 11.5 Å². The van der Waals surface area contributed by atoms with Crippen LogP contribution in [0.2, 0.25) is 0 Å². The molecular formula is C23H27NO2. The van der Waals surface area contributed by atoms with Crippen molar-refractivity contribution >= 4 is 5.69 Å². The maximum atomic E-state index is 5.69. The Labute approximate surface area is 156 Å². The number of hydrogen-bond donors (Lipinski definition) is 1. The van der Waals surface area contributed by atoms with Gasteiger partial charge in [0.2, 0.25) is 0 Å². The van der Waals surface area contributed by atoms with Crippen molar-refractivity contribution in [3.63, 3.8) is 0 Å². The molecule has 0 fully saturated rings. The lowest BCUT2D eigenvalue weighted by Gasteiger charge is -2.40.